The van der Waals surface area contributed by atoms with Crippen LogP contribution in [0.3, 0.4) is 0 Å². The van der Waals surface area contributed by atoms with Gasteiger partial charge in [0.15, 0.2) is 9.84 Å². The smallest absolute Gasteiger partial charge is 0.292 e. The van der Waals surface area contributed by atoms with E-state index in [1.54, 1.807) is 54.6 Å². The number of sulfone groups is 1. The van der Waals surface area contributed by atoms with E-state index in [0.717, 1.165) is 0 Å². The Labute approximate surface area is 144 Å². The molecule has 1 N–H and O–H groups in total. The molecule has 0 aliphatic carbocycles. The predicted octanol–water partition coefficient (Wildman–Crippen LogP) is 3.09. The van der Waals surface area contributed by atoms with Crippen molar-refractivity contribution in [1.82, 2.24) is 0 Å². The van der Waals surface area contributed by atoms with Gasteiger partial charge in [0.2, 0.25) is 5.76 Å². The van der Waals surface area contributed by atoms with Gasteiger partial charge in [-0.3, -0.25) is 4.79 Å². The number of rotatable bonds is 3. The molecule has 1 aliphatic rings. The Balaban J connectivity index is 2.02. The number of anilines is 1. The van der Waals surface area contributed by atoms with Gasteiger partial charge in [0.05, 0.1) is 5.75 Å². The summed E-state index contributed by atoms with van der Waals surface area (Å²) < 4.78 is 30.3. The van der Waals surface area contributed by atoms with Crippen LogP contribution in [0.2, 0.25) is 5.02 Å². The van der Waals surface area contributed by atoms with Crippen molar-refractivity contribution >= 4 is 37.9 Å². The molecule has 0 saturated carbocycles. The SMILES string of the molecule is O=C(Nc1ccc(Cl)cc1)C1=C(c2ccccc2)S(=O)(=O)CCO1. The minimum absolute atomic E-state index is 0.0535. The van der Waals surface area contributed by atoms with Gasteiger partial charge < -0.3 is 10.1 Å². The molecule has 0 bridgehead atoms. The topological polar surface area (TPSA) is 72.5 Å². The van der Waals surface area contributed by atoms with Crippen LogP contribution in [0.1, 0.15) is 5.56 Å². The molecule has 0 fully saturated rings. The molecular formula is C17H14ClNO4S. The van der Waals surface area contributed by atoms with Crippen molar-refractivity contribution in [3.63, 3.8) is 0 Å². The summed E-state index contributed by atoms with van der Waals surface area (Å²) in [5.41, 5.74) is 0.925. The van der Waals surface area contributed by atoms with Crippen molar-refractivity contribution in [3.8, 4) is 0 Å². The lowest BCUT2D eigenvalue weighted by molar-refractivity contribution is -0.115. The van der Waals surface area contributed by atoms with Crippen LogP contribution in [-0.4, -0.2) is 26.7 Å². The fourth-order valence-corrected chi connectivity index (χ4v) is 3.91. The maximum atomic E-state index is 12.5. The summed E-state index contributed by atoms with van der Waals surface area (Å²) in [7, 11) is -3.60. The molecule has 124 valence electrons. The van der Waals surface area contributed by atoms with E-state index in [9.17, 15) is 13.2 Å². The van der Waals surface area contributed by atoms with E-state index in [0.29, 0.717) is 16.3 Å². The predicted molar refractivity (Wildman–Crippen MR) is 93.2 cm³/mol. The maximum Gasteiger partial charge on any atom is 0.292 e. The summed E-state index contributed by atoms with van der Waals surface area (Å²) >= 11 is 5.81. The Kier molecular flexibility index (Phi) is 4.59. The zero-order chi connectivity index (χ0) is 17.2. The molecule has 0 saturated heterocycles. The van der Waals surface area contributed by atoms with E-state index in [4.69, 9.17) is 16.3 Å². The number of halogens is 1. The monoisotopic (exact) mass is 363 g/mol. The second-order valence-electron chi connectivity index (χ2n) is 5.15. The van der Waals surface area contributed by atoms with Crippen LogP contribution in [-0.2, 0) is 19.4 Å². The van der Waals surface area contributed by atoms with Crippen molar-refractivity contribution in [2.75, 3.05) is 17.7 Å². The molecule has 3 rings (SSSR count). The third-order valence-corrected chi connectivity index (χ3v) is 5.46. The van der Waals surface area contributed by atoms with Gasteiger partial charge in [-0.15, -0.1) is 0 Å². The molecule has 5 nitrogen and oxygen atoms in total. The molecule has 24 heavy (non-hydrogen) atoms. The maximum absolute atomic E-state index is 12.5. The standard InChI is InChI=1S/C17H14ClNO4S/c18-13-6-8-14(9-7-13)19-17(20)15-16(12-4-2-1-3-5-12)24(21,22)11-10-23-15/h1-9H,10-11H2,(H,19,20). The molecule has 0 atom stereocenters. The van der Waals surface area contributed by atoms with Crippen molar-refractivity contribution < 1.29 is 17.9 Å². The summed E-state index contributed by atoms with van der Waals surface area (Å²) in [5, 5.41) is 3.17. The zero-order valence-corrected chi connectivity index (χ0v) is 14.1. The van der Waals surface area contributed by atoms with Crippen molar-refractivity contribution in [3.05, 3.63) is 70.9 Å². The third-order valence-electron chi connectivity index (χ3n) is 3.46. The number of ether oxygens (including phenoxy) is 1. The van der Waals surface area contributed by atoms with E-state index in [2.05, 4.69) is 5.32 Å². The highest BCUT2D eigenvalue weighted by Gasteiger charge is 2.33. The van der Waals surface area contributed by atoms with E-state index < -0.39 is 15.7 Å². The summed E-state index contributed by atoms with van der Waals surface area (Å²) in [6, 6.07) is 15.0. The van der Waals surface area contributed by atoms with Crippen LogP contribution in [0.4, 0.5) is 5.69 Å². The van der Waals surface area contributed by atoms with Crippen LogP contribution in [0.15, 0.2) is 60.4 Å². The van der Waals surface area contributed by atoms with Gasteiger partial charge in [0.1, 0.15) is 11.5 Å². The van der Waals surface area contributed by atoms with Crippen LogP contribution in [0.25, 0.3) is 4.91 Å². The van der Waals surface area contributed by atoms with Crippen LogP contribution >= 0.6 is 11.6 Å². The molecule has 1 amide bonds. The van der Waals surface area contributed by atoms with Crippen LogP contribution in [0.5, 0.6) is 0 Å². The minimum atomic E-state index is -3.60. The second kappa shape index (κ2) is 6.67. The van der Waals surface area contributed by atoms with E-state index >= 15 is 0 Å². The largest absolute Gasteiger partial charge is 0.486 e. The highest BCUT2D eigenvalue weighted by Crippen LogP contribution is 2.30. The van der Waals surface area contributed by atoms with Gasteiger partial charge in [0.25, 0.3) is 5.91 Å². The number of nitrogens with one attached hydrogen (secondary N) is 1. The molecule has 1 heterocycles. The highest BCUT2D eigenvalue weighted by molar-refractivity contribution is 8.00. The molecule has 2 aromatic carbocycles. The van der Waals surface area contributed by atoms with Gasteiger partial charge >= 0.3 is 0 Å². The van der Waals surface area contributed by atoms with E-state index in [1.165, 1.54) is 0 Å². The normalized spacial score (nSPS) is 16.4. The zero-order valence-electron chi connectivity index (χ0n) is 12.5. The molecule has 0 unspecified atom stereocenters. The highest BCUT2D eigenvalue weighted by atomic mass is 35.5. The van der Waals surface area contributed by atoms with Gasteiger partial charge in [-0.25, -0.2) is 8.42 Å². The summed E-state index contributed by atoms with van der Waals surface area (Å²) in [4.78, 5) is 12.4. The van der Waals surface area contributed by atoms with Crippen molar-refractivity contribution in [1.29, 1.82) is 0 Å². The van der Waals surface area contributed by atoms with Gasteiger partial charge in [0, 0.05) is 10.7 Å². The average Bonchev–Trinajstić information content (AvgIpc) is 2.56. The Morgan fingerprint density at radius 2 is 1.71 bits per heavy atom. The Morgan fingerprint density at radius 3 is 2.38 bits per heavy atom. The Hall–Kier alpha value is -2.31. The number of carbonyl (C=O) groups is 1. The fraction of sp³-hybridized carbons (Fsp3) is 0.118. The molecule has 0 aromatic heterocycles. The molecule has 0 spiro atoms. The fourth-order valence-electron chi connectivity index (χ4n) is 2.35. The quantitative estimate of drug-likeness (QED) is 0.909. The lowest BCUT2D eigenvalue weighted by Gasteiger charge is -2.21. The molecule has 1 aliphatic heterocycles. The van der Waals surface area contributed by atoms with Crippen molar-refractivity contribution in [2.45, 2.75) is 0 Å². The van der Waals surface area contributed by atoms with Gasteiger partial charge in [-0.2, -0.15) is 0 Å². The first-order chi connectivity index (χ1) is 11.5. The first-order valence-electron chi connectivity index (χ1n) is 7.19. The summed E-state index contributed by atoms with van der Waals surface area (Å²) in [6.07, 6.45) is 0. The molecular weight excluding hydrogens is 350 g/mol. The Morgan fingerprint density at radius 1 is 1.04 bits per heavy atom. The number of carbonyl (C=O) groups excluding carboxylic acids is 1. The first-order valence-corrected chi connectivity index (χ1v) is 9.22. The third kappa shape index (κ3) is 3.44. The first kappa shape index (κ1) is 16.5. The average molecular weight is 364 g/mol. The number of amides is 1. The second-order valence-corrected chi connectivity index (χ2v) is 7.64. The molecule has 0 radical (unpaired) electrons. The number of benzene rings is 2. The van der Waals surface area contributed by atoms with Crippen LogP contribution in [0, 0.1) is 0 Å². The summed E-state index contributed by atoms with van der Waals surface area (Å²) in [6.45, 7) is -0.0535. The molecule has 7 heteroatoms. The molecule has 2 aromatic rings. The van der Waals surface area contributed by atoms with Gasteiger partial charge in [-0.1, -0.05) is 41.9 Å². The number of hydrogen-bond donors (Lipinski definition) is 1. The summed E-state index contributed by atoms with van der Waals surface area (Å²) in [5.74, 6) is -0.962. The lowest BCUT2D eigenvalue weighted by Crippen LogP contribution is -2.28. The van der Waals surface area contributed by atoms with Crippen LogP contribution < -0.4 is 5.32 Å². The van der Waals surface area contributed by atoms with Crippen molar-refractivity contribution in [2.24, 2.45) is 0 Å². The minimum Gasteiger partial charge on any atom is -0.486 e. The van der Waals surface area contributed by atoms with E-state index in [1.807, 2.05) is 0 Å². The lowest BCUT2D eigenvalue weighted by atomic mass is 10.2. The Bertz CT molecular complexity index is 890. The van der Waals surface area contributed by atoms with E-state index in [-0.39, 0.29) is 23.0 Å². The number of hydrogen-bond acceptors (Lipinski definition) is 4. The van der Waals surface area contributed by atoms with Gasteiger partial charge in [-0.05, 0) is 29.8 Å².